The highest BCUT2D eigenvalue weighted by Gasteiger charge is 2.23. The van der Waals surface area contributed by atoms with Gasteiger partial charge in [-0.1, -0.05) is 0 Å². The number of carbonyl (C=O) groups is 3. The molecule has 1 saturated heterocycles. The number of hydrogen-bond donors (Lipinski definition) is 2. The van der Waals surface area contributed by atoms with Gasteiger partial charge in [0, 0.05) is 11.6 Å². The number of methoxy groups -OCH3 is 2. The number of hydrogen-bond acceptors (Lipinski definition) is 6. The lowest BCUT2D eigenvalue weighted by molar-refractivity contribution is -0.132. The lowest BCUT2D eigenvalue weighted by Crippen LogP contribution is -2.46. The van der Waals surface area contributed by atoms with E-state index in [1.165, 1.54) is 43.0 Å². The van der Waals surface area contributed by atoms with Crippen molar-refractivity contribution in [3.05, 3.63) is 23.8 Å². The molecule has 1 aromatic carbocycles. The molecule has 2 N–H and O–H groups in total. The molecule has 3 amide bonds. The van der Waals surface area contributed by atoms with Gasteiger partial charge in [0.2, 0.25) is 5.91 Å². The zero-order chi connectivity index (χ0) is 16.8. The summed E-state index contributed by atoms with van der Waals surface area (Å²) in [5.74, 6) is 0.702. The molecule has 23 heavy (non-hydrogen) atoms. The largest absolute Gasteiger partial charge is 0.497 e. The van der Waals surface area contributed by atoms with E-state index in [0.717, 1.165) is 0 Å². The molecule has 9 heteroatoms. The maximum atomic E-state index is 12.1. The molecule has 0 aliphatic carbocycles. The molecule has 8 nitrogen and oxygen atoms in total. The van der Waals surface area contributed by atoms with Gasteiger partial charge in [0.15, 0.2) is 0 Å². The summed E-state index contributed by atoms with van der Waals surface area (Å²) in [6, 6.07) is 4.67. The van der Waals surface area contributed by atoms with Crippen molar-refractivity contribution >= 4 is 29.5 Å². The predicted octanol–water partition coefficient (Wildman–Crippen LogP) is -0.00230. The first-order valence-corrected chi connectivity index (χ1v) is 7.86. The van der Waals surface area contributed by atoms with Crippen molar-refractivity contribution in [2.75, 3.05) is 32.4 Å². The molecule has 0 atom stereocenters. The first kappa shape index (κ1) is 16.9. The Kier molecular flexibility index (Phi) is 5.69. The lowest BCUT2D eigenvalue weighted by Gasteiger charge is -2.14. The maximum Gasteiger partial charge on any atom is 0.269 e. The number of carbonyl (C=O) groups excluding carboxylic acids is 3. The van der Waals surface area contributed by atoms with Crippen LogP contribution in [-0.2, 0) is 9.59 Å². The smallest absolute Gasteiger partial charge is 0.269 e. The SMILES string of the molecule is COc1cc(OC)cc(C(=O)NNC(=O)CN2CSCC2=O)c1. The van der Waals surface area contributed by atoms with E-state index in [9.17, 15) is 14.4 Å². The van der Waals surface area contributed by atoms with Crippen molar-refractivity contribution in [1.29, 1.82) is 0 Å². The zero-order valence-electron chi connectivity index (χ0n) is 12.8. The van der Waals surface area contributed by atoms with E-state index in [1.807, 2.05) is 0 Å². The zero-order valence-corrected chi connectivity index (χ0v) is 13.6. The monoisotopic (exact) mass is 339 g/mol. The molecule has 0 spiro atoms. The second-order valence-electron chi connectivity index (χ2n) is 4.67. The van der Waals surface area contributed by atoms with Gasteiger partial charge in [-0.25, -0.2) is 0 Å². The van der Waals surface area contributed by atoms with E-state index < -0.39 is 11.8 Å². The molecular formula is C14H17N3O5S. The molecule has 1 heterocycles. The average molecular weight is 339 g/mol. The molecule has 1 fully saturated rings. The van der Waals surface area contributed by atoms with Gasteiger partial charge < -0.3 is 14.4 Å². The fourth-order valence-electron chi connectivity index (χ4n) is 1.89. The first-order valence-electron chi connectivity index (χ1n) is 6.71. The highest BCUT2D eigenvalue weighted by molar-refractivity contribution is 8.00. The van der Waals surface area contributed by atoms with E-state index >= 15 is 0 Å². The standard InChI is InChI=1S/C14H17N3O5S/c1-21-10-3-9(4-11(5-10)22-2)14(20)16-15-12(18)6-17-8-23-7-13(17)19/h3-5H,6-8H2,1-2H3,(H,15,18)(H,16,20). The summed E-state index contributed by atoms with van der Waals surface area (Å²) < 4.78 is 10.2. The summed E-state index contributed by atoms with van der Waals surface area (Å²) in [6.45, 7) is -0.0897. The normalized spacial score (nSPS) is 13.7. The molecule has 0 bridgehead atoms. The van der Waals surface area contributed by atoms with Crippen LogP contribution in [0.15, 0.2) is 18.2 Å². The highest BCUT2D eigenvalue weighted by Crippen LogP contribution is 2.22. The fraction of sp³-hybridized carbons (Fsp3) is 0.357. The molecule has 1 aliphatic rings. The highest BCUT2D eigenvalue weighted by atomic mass is 32.2. The van der Waals surface area contributed by atoms with Crippen molar-refractivity contribution in [1.82, 2.24) is 15.8 Å². The number of amides is 3. The van der Waals surface area contributed by atoms with Gasteiger partial charge in [-0.15, -0.1) is 11.8 Å². The Labute approximate surface area is 137 Å². The maximum absolute atomic E-state index is 12.1. The summed E-state index contributed by atoms with van der Waals surface area (Å²) in [4.78, 5) is 36.7. The van der Waals surface area contributed by atoms with Crippen molar-refractivity contribution < 1.29 is 23.9 Å². The summed E-state index contributed by atoms with van der Waals surface area (Å²) >= 11 is 1.44. The Morgan fingerprint density at radius 3 is 2.35 bits per heavy atom. The molecule has 0 radical (unpaired) electrons. The minimum atomic E-state index is -0.516. The summed E-state index contributed by atoms with van der Waals surface area (Å²) in [6.07, 6.45) is 0. The third kappa shape index (κ3) is 4.52. The molecule has 0 unspecified atom stereocenters. The van der Waals surface area contributed by atoms with Crippen molar-refractivity contribution in [2.45, 2.75) is 0 Å². The van der Waals surface area contributed by atoms with E-state index in [4.69, 9.17) is 9.47 Å². The first-order chi connectivity index (χ1) is 11.0. The Morgan fingerprint density at radius 2 is 1.83 bits per heavy atom. The van der Waals surface area contributed by atoms with Gasteiger partial charge in [0.25, 0.3) is 11.8 Å². The molecule has 2 rings (SSSR count). The van der Waals surface area contributed by atoms with Gasteiger partial charge in [0.05, 0.1) is 25.8 Å². The number of benzene rings is 1. The van der Waals surface area contributed by atoms with E-state index in [2.05, 4.69) is 10.9 Å². The van der Waals surface area contributed by atoms with Crippen LogP contribution in [0.5, 0.6) is 11.5 Å². The van der Waals surface area contributed by atoms with Crippen LogP contribution in [0.3, 0.4) is 0 Å². The van der Waals surface area contributed by atoms with Crippen molar-refractivity contribution in [2.24, 2.45) is 0 Å². The van der Waals surface area contributed by atoms with E-state index in [-0.39, 0.29) is 18.0 Å². The van der Waals surface area contributed by atoms with Crippen LogP contribution in [0.2, 0.25) is 0 Å². The molecular weight excluding hydrogens is 322 g/mol. The lowest BCUT2D eigenvalue weighted by atomic mass is 10.2. The minimum Gasteiger partial charge on any atom is -0.497 e. The second kappa shape index (κ2) is 7.73. The third-order valence-corrected chi connectivity index (χ3v) is 4.03. The molecule has 1 aliphatic heterocycles. The Bertz CT molecular complexity index is 600. The van der Waals surface area contributed by atoms with Crippen LogP contribution in [-0.4, -0.2) is 55.0 Å². The Morgan fingerprint density at radius 1 is 1.17 bits per heavy atom. The van der Waals surface area contributed by atoms with Crippen molar-refractivity contribution in [3.8, 4) is 11.5 Å². The van der Waals surface area contributed by atoms with Crippen LogP contribution in [0, 0.1) is 0 Å². The van der Waals surface area contributed by atoms with E-state index in [0.29, 0.717) is 23.1 Å². The third-order valence-electron chi connectivity index (χ3n) is 3.09. The van der Waals surface area contributed by atoms with Crippen LogP contribution in [0.1, 0.15) is 10.4 Å². The predicted molar refractivity (Wildman–Crippen MR) is 84.2 cm³/mol. The van der Waals surface area contributed by atoms with Gasteiger partial charge in [-0.2, -0.15) is 0 Å². The van der Waals surface area contributed by atoms with Gasteiger partial charge >= 0.3 is 0 Å². The van der Waals surface area contributed by atoms with Gasteiger partial charge in [0.1, 0.15) is 18.0 Å². The van der Waals surface area contributed by atoms with Crippen LogP contribution in [0.4, 0.5) is 0 Å². The van der Waals surface area contributed by atoms with Crippen LogP contribution < -0.4 is 20.3 Å². The second-order valence-corrected chi connectivity index (χ2v) is 5.63. The number of hydrazine groups is 1. The van der Waals surface area contributed by atoms with Crippen molar-refractivity contribution in [3.63, 3.8) is 0 Å². The Hall–Kier alpha value is -2.42. The fourth-order valence-corrected chi connectivity index (χ4v) is 2.79. The average Bonchev–Trinajstić information content (AvgIpc) is 2.96. The van der Waals surface area contributed by atoms with Crippen LogP contribution >= 0.6 is 11.8 Å². The Balaban J connectivity index is 1.91. The quantitative estimate of drug-likeness (QED) is 0.733. The number of ether oxygens (including phenoxy) is 2. The van der Waals surface area contributed by atoms with Crippen LogP contribution in [0.25, 0.3) is 0 Å². The van der Waals surface area contributed by atoms with Gasteiger partial charge in [-0.3, -0.25) is 25.2 Å². The topological polar surface area (TPSA) is 97.0 Å². The number of nitrogens with one attached hydrogen (secondary N) is 2. The number of rotatable bonds is 5. The minimum absolute atomic E-state index is 0.0889. The molecule has 0 aromatic heterocycles. The summed E-state index contributed by atoms with van der Waals surface area (Å²) in [7, 11) is 2.95. The number of nitrogens with zero attached hydrogens (tertiary/aromatic N) is 1. The summed E-state index contributed by atoms with van der Waals surface area (Å²) in [5.41, 5.74) is 4.85. The molecule has 0 saturated carbocycles. The van der Waals surface area contributed by atoms with E-state index in [1.54, 1.807) is 6.07 Å². The molecule has 124 valence electrons. The number of thioether (sulfide) groups is 1. The van der Waals surface area contributed by atoms with Gasteiger partial charge in [-0.05, 0) is 12.1 Å². The summed E-state index contributed by atoms with van der Waals surface area (Å²) in [5, 5.41) is 0. The molecule has 1 aromatic rings.